The molecule has 0 bridgehead atoms. The number of aromatic nitrogens is 2. The number of amides is 1. The van der Waals surface area contributed by atoms with Gasteiger partial charge in [-0.1, -0.05) is 6.07 Å². The van der Waals surface area contributed by atoms with Crippen molar-refractivity contribution in [3.05, 3.63) is 59.9 Å². The number of pyridine rings is 2. The van der Waals surface area contributed by atoms with E-state index in [9.17, 15) is 9.18 Å². The number of likely N-dealkylation sites (tertiary alicyclic amines) is 1. The van der Waals surface area contributed by atoms with Crippen molar-refractivity contribution >= 4 is 5.91 Å². The number of piperidine rings is 1. The van der Waals surface area contributed by atoms with Gasteiger partial charge in [0.15, 0.2) is 5.82 Å². The maximum Gasteiger partial charge on any atom is 0.257 e. The molecule has 0 N–H and O–H groups in total. The van der Waals surface area contributed by atoms with E-state index in [1.807, 2.05) is 23.1 Å². The molecule has 2 aromatic heterocycles. The number of nitrogens with zero attached hydrogens (tertiary/aromatic N) is 3. The fraction of sp³-hybridized carbons (Fsp3) is 0.389. The van der Waals surface area contributed by atoms with Crippen molar-refractivity contribution in [1.82, 2.24) is 14.9 Å². The first-order valence-electron chi connectivity index (χ1n) is 8.06. The van der Waals surface area contributed by atoms with E-state index in [1.54, 1.807) is 6.20 Å². The van der Waals surface area contributed by atoms with E-state index in [4.69, 9.17) is 0 Å². The smallest absolute Gasteiger partial charge is 0.257 e. The molecule has 0 saturated carbocycles. The molecule has 1 saturated heterocycles. The van der Waals surface area contributed by atoms with Crippen molar-refractivity contribution in [2.24, 2.45) is 0 Å². The Morgan fingerprint density at radius 2 is 2.17 bits per heavy atom. The molecule has 0 radical (unpaired) electrons. The highest BCUT2D eigenvalue weighted by Crippen LogP contribution is 2.23. The van der Waals surface area contributed by atoms with Crippen molar-refractivity contribution in [3.63, 3.8) is 0 Å². The van der Waals surface area contributed by atoms with Crippen LogP contribution in [0.25, 0.3) is 0 Å². The fourth-order valence-electron chi connectivity index (χ4n) is 3.13. The fourth-order valence-corrected chi connectivity index (χ4v) is 3.13. The van der Waals surface area contributed by atoms with Crippen LogP contribution in [0, 0.1) is 5.82 Å². The lowest BCUT2D eigenvalue weighted by atomic mass is 9.96. The third-order valence-corrected chi connectivity index (χ3v) is 4.35. The van der Waals surface area contributed by atoms with E-state index in [1.165, 1.54) is 12.3 Å². The molecule has 2 aromatic rings. The number of rotatable bonds is 4. The number of hydrogen-bond acceptors (Lipinski definition) is 3. The summed E-state index contributed by atoms with van der Waals surface area (Å²) < 4.78 is 13.9. The van der Waals surface area contributed by atoms with Gasteiger partial charge in [0.2, 0.25) is 0 Å². The van der Waals surface area contributed by atoms with Crippen LogP contribution in [0.2, 0.25) is 0 Å². The Hall–Kier alpha value is -2.30. The largest absolute Gasteiger partial charge is 0.336 e. The SMILES string of the molecule is O=C(c1ccncc1F)N1CCCC[C@@H]1CCc1ccccn1. The van der Waals surface area contributed by atoms with E-state index >= 15 is 0 Å². The number of carbonyl (C=O) groups is 1. The summed E-state index contributed by atoms with van der Waals surface area (Å²) in [5.41, 5.74) is 1.14. The number of carbonyl (C=O) groups excluding carboxylic acids is 1. The van der Waals surface area contributed by atoms with E-state index in [0.717, 1.165) is 44.0 Å². The summed E-state index contributed by atoms with van der Waals surface area (Å²) in [7, 11) is 0. The Morgan fingerprint density at radius 3 is 2.96 bits per heavy atom. The molecule has 0 aromatic carbocycles. The van der Waals surface area contributed by atoms with Gasteiger partial charge in [-0.25, -0.2) is 4.39 Å². The topological polar surface area (TPSA) is 46.1 Å². The van der Waals surface area contributed by atoms with E-state index < -0.39 is 5.82 Å². The first-order valence-corrected chi connectivity index (χ1v) is 8.06. The lowest BCUT2D eigenvalue weighted by Gasteiger charge is -2.36. The Labute approximate surface area is 135 Å². The normalized spacial score (nSPS) is 18.0. The zero-order valence-electron chi connectivity index (χ0n) is 13.0. The van der Waals surface area contributed by atoms with E-state index in [0.29, 0.717) is 6.54 Å². The van der Waals surface area contributed by atoms with Gasteiger partial charge in [-0.3, -0.25) is 14.8 Å². The van der Waals surface area contributed by atoms with Gasteiger partial charge < -0.3 is 4.90 Å². The zero-order chi connectivity index (χ0) is 16.1. The lowest BCUT2D eigenvalue weighted by molar-refractivity contribution is 0.0596. The van der Waals surface area contributed by atoms with Crippen LogP contribution in [-0.4, -0.2) is 33.4 Å². The Morgan fingerprint density at radius 1 is 1.26 bits per heavy atom. The summed E-state index contributed by atoms with van der Waals surface area (Å²) >= 11 is 0. The summed E-state index contributed by atoms with van der Waals surface area (Å²) in [5.74, 6) is -0.776. The lowest BCUT2D eigenvalue weighted by Crippen LogP contribution is -2.44. The Kier molecular flexibility index (Phi) is 4.95. The van der Waals surface area contributed by atoms with Gasteiger partial charge in [-0.2, -0.15) is 0 Å². The molecule has 1 fully saturated rings. The summed E-state index contributed by atoms with van der Waals surface area (Å²) in [6, 6.07) is 7.47. The second-order valence-electron chi connectivity index (χ2n) is 5.86. The first kappa shape index (κ1) is 15.6. The van der Waals surface area contributed by atoms with Crippen LogP contribution in [0.1, 0.15) is 41.7 Å². The predicted octanol–water partition coefficient (Wildman–Crippen LogP) is 3.24. The van der Waals surface area contributed by atoms with Crippen LogP contribution >= 0.6 is 0 Å². The average Bonchev–Trinajstić information content (AvgIpc) is 2.61. The van der Waals surface area contributed by atoms with Crippen LogP contribution < -0.4 is 0 Å². The molecule has 3 heterocycles. The van der Waals surface area contributed by atoms with Crippen LogP contribution in [0.15, 0.2) is 42.9 Å². The standard InChI is InChI=1S/C18H20FN3O/c19-17-13-20-11-9-16(17)18(23)22-12-4-2-6-15(22)8-7-14-5-1-3-10-21-14/h1,3,5,9-11,13,15H,2,4,6-8,12H2/t15-/m1/s1. The van der Waals surface area contributed by atoms with Crippen LogP contribution in [-0.2, 0) is 6.42 Å². The number of hydrogen-bond donors (Lipinski definition) is 0. The average molecular weight is 313 g/mol. The molecule has 0 aliphatic carbocycles. The van der Waals surface area contributed by atoms with Crippen LogP contribution in [0.4, 0.5) is 4.39 Å². The first-order chi connectivity index (χ1) is 11.3. The number of aryl methyl sites for hydroxylation is 1. The molecule has 1 aliphatic rings. The van der Waals surface area contributed by atoms with Gasteiger partial charge in [0.25, 0.3) is 5.91 Å². The molecule has 5 heteroatoms. The maximum absolute atomic E-state index is 13.9. The monoisotopic (exact) mass is 313 g/mol. The molecule has 1 amide bonds. The van der Waals surface area contributed by atoms with Crippen molar-refractivity contribution in [1.29, 1.82) is 0 Å². The van der Waals surface area contributed by atoms with Crippen molar-refractivity contribution < 1.29 is 9.18 Å². The summed E-state index contributed by atoms with van der Waals surface area (Å²) in [6.45, 7) is 0.688. The summed E-state index contributed by atoms with van der Waals surface area (Å²) in [5, 5.41) is 0. The summed E-state index contributed by atoms with van der Waals surface area (Å²) in [4.78, 5) is 22.6. The minimum absolute atomic E-state index is 0.115. The highest BCUT2D eigenvalue weighted by Gasteiger charge is 2.28. The predicted molar refractivity (Wildman–Crippen MR) is 85.4 cm³/mol. The van der Waals surface area contributed by atoms with Gasteiger partial charge in [-0.05, 0) is 50.3 Å². The summed E-state index contributed by atoms with van der Waals surface area (Å²) in [6.07, 6.45) is 9.07. The molecule has 0 unspecified atom stereocenters. The zero-order valence-corrected chi connectivity index (χ0v) is 13.0. The van der Waals surface area contributed by atoms with Crippen LogP contribution in [0.5, 0.6) is 0 Å². The molecular formula is C18H20FN3O. The van der Waals surface area contributed by atoms with Crippen molar-refractivity contribution in [3.8, 4) is 0 Å². The molecular weight excluding hydrogens is 293 g/mol. The second-order valence-corrected chi connectivity index (χ2v) is 5.86. The number of halogens is 1. The Balaban J connectivity index is 1.71. The van der Waals surface area contributed by atoms with E-state index in [2.05, 4.69) is 9.97 Å². The third-order valence-electron chi connectivity index (χ3n) is 4.35. The van der Waals surface area contributed by atoms with Gasteiger partial charge in [0.1, 0.15) is 0 Å². The van der Waals surface area contributed by atoms with Gasteiger partial charge in [0, 0.05) is 30.7 Å². The molecule has 0 spiro atoms. The minimum Gasteiger partial charge on any atom is -0.336 e. The van der Waals surface area contributed by atoms with Gasteiger partial charge in [-0.15, -0.1) is 0 Å². The molecule has 23 heavy (non-hydrogen) atoms. The van der Waals surface area contributed by atoms with Gasteiger partial charge in [0.05, 0.1) is 11.8 Å². The molecule has 4 nitrogen and oxygen atoms in total. The Bertz CT molecular complexity index is 662. The molecule has 1 atom stereocenters. The maximum atomic E-state index is 13.9. The second kappa shape index (κ2) is 7.31. The minimum atomic E-state index is -0.549. The highest BCUT2D eigenvalue weighted by molar-refractivity contribution is 5.94. The van der Waals surface area contributed by atoms with Crippen molar-refractivity contribution in [2.75, 3.05) is 6.54 Å². The highest BCUT2D eigenvalue weighted by atomic mass is 19.1. The van der Waals surface area contributed by atoms with E-state index in [-0.39, 0.29) is 17.5 Å². The van der Waals surface area contributed by atoms with Crippen LogP contribution in [0.3, 0.4) is 0 Å². The molecule has 1 aliphatic heterocycles. The quantitative estimate of drug-likeness (QED) is 0.870. The third kappa shape index (κ3) is 3.73. The molecule has 3 rings (SSSR count). The van der Waals surface area contributed by atoms with Gasteiger partial charge >= 0.3 is 0 Å². The molecule has 120 valence electrons. The van der Waals surface area contributed by atoms with Crippen molar-refractivity contribution in [2.45, 2.75) is 38.1 Å².